The van der Waals surface area contributed by atoms with Crippen LogP contribution in [0.5, 0.6) is 0 Å². The summed E-state index contributed by atoms with van der Waals surface area (Å²) in [6.07, 6.45) is 0. The van der Waals surface area contributed by atoms with Crippen molar-refractivity contribution in [2.45, 2.75) is 24.7 Å². The molecule has 9 heteroatoms. The molecule has 4 aromatic rings. The summed E-state index contributed by atoms with van der Waals surface area (Å²) in [5.74, 6) is -0.537. The SMILES string of the molecule is CC(C)c1ccc2c(c1)sc(=NC(=O)c1ccc(NS(=O)(=O)c3ccc(F)cc3)cc1)n2C. The summed E-state index contributed by atoms with van der Waals surface area (Å²) in [5.41, 5.74) is 2.84. The highest BCUT2D eigenvalue weighted by Gasteiger charge is 2.15. The molecule has 0 saturated heterocycles. The largest absolute Gasteiger partial charge is 0.319 e. The summed E-state index contributed by atoms with van der Waals surface area (Å²) in [6.45, 7) is 4.26. The van der Waals surface area contributed by atoms with E-state index >= 15 is 0 Å². The summed E-state index contributed by atoms with van der Waals surface area (Å²) in [6, 6.07) is 16.8. The number of nitrogens with zero attached hydrogens (tertiary/aromatic N) is 2. The summed E-state index contributed by atoms with van der Waals surface area (Å²) in [7, 11) is -2.00. The van der Waals surface area contributed by atoms with Gasteiger partial charge in [-0.1, -0.05) is 31.3 Å². The molecule has 1 aromatic heterocycles. The number of thiazole rings is 1. The van der Waals surface area contributed by atoms with Gasteiger partial charge in [0.2, 0.25) is 0 Å². The van der Waals surface area contributed by atoms with Gasteiger partial charge in [-0.3, -0.25) is 9.52 Å². The molecule has 0 saturated carbocycles. The highest BCUT2D eigenvalue weighted by atomic mass is 32.2. The van der Waals surface area contributed by atoms with Crippen molar-refractivity contribution < 1.29 is 17.6 Å². The number of aromatic nitrogens is 1. The second kappa shape index (κ2) is 8.92. The molecule has 6 nitrogen and oxygen atoms in total. The average molecular weight is 484 g/mol. The highest BCUT2D eigenvalue weighted by molar-refractivity contribution is 7.92. The van der Waals surface area contributed by atoms with Crippen LogP contribution in [0.4, 0.5) is 10.1 Å². The van der Waals surface area contributed by atoms with Crippen molar-refractivity contribution in [1.82, 2.24) is 4.57 Å². The lowest BCUT2D eigenvalue weighted by Crippen LogP contribution is -2.14. The fourth-order valence-electron chi connectivity index (χ4n) is 3.28. The van der Waals surface area contributed by atoms with Crippen LogP contribution in [0.1, 0.15) is 35.7 Å². The van der Waals surface area contributed by atoms with Crippen molar-refractivity contribution in [1.29, 1.82) is 0 Å². The van der Waals surface area contributed by atoms with E-state index in [1.807, 2.05) is 17.7 Å². The van der Waals surface area contributed by atoms with Crippen LogP contribution in [-0.2, 0) is 17.1 Å². The molecule has 3 aromatic carbocycles. The number of sulfonamides is 1. The Morgan fingerprint density at radius 2 is 1.70 bits per heavy atom. The quantitative estimate of drug-likeness (QED) is 0.432. The maximum atomic E-state index is 13.1. The normalized spacial score (nSPS) is 12.5. The van der Waals surface area contributed by atoms with E-state index in [1.165, 1.54) is 53.3 Å². The van der Waals surface area contributed by atoms with Crippen molar-refractivity contribution in [2.75, 3.05) is 4.72 Å². The number of aryl methyl sites for hydroxylation is 1. The zero-order chi connectivity index (χ0) is 23.8. The van der Waals surface area contributed by atoms with Crippen LogP contribution < -0.4 is 9.52 Å². The van der Waals surface area contributed by atoms with E-state index in [1.54, 1.807) is 0 Å². The molecule has 170 valence electrons. The molecule has 0 spiro atoms. The molecule has 0 atom stereocenters. The second-order valence-electron chi connectivity index (χ2n) is 7.88. The number of anilines is 1. The van der Waals surface area contributed by atoms with Gasteiger partial charge in [-0.15, -0.1) is 0 Å². The van der Waals surface area contributed by atoms with Gasteiger partial charge in [0.15, 0.2) is 4.80 Å². The van der Waals surface area contributed by atoms with Crippen LogP contribution in [0.2, 0.25) is 0 Å². The third-order valence-corrected chi connectivity index (χ3v) is 7.70. The number of carbonyl (C=O) groups is 1. The van der Waals surface area contributed by atoms with Gasteiger partial charge < -0.3 is 4.57 Å². The first kappa shape index (κ1) is 22.9. The molecule has 0 bridgehead atoms. The maximum absolute atomic E-state index is 13.1. The minimum absolute atomic E-state index is 0.0584. The van der Waals surface area contributed by atoms with Crippen molar-refractivity contribution in [3.8, 4) is 0 Å². The van der Waals surface area contributed by atoms with E-state index in [9.17, 15) is 17.6 Å². The predicted octanol–water partition coefficient (Wildman–Crippen LogP) is 5.04. The third kappa shape index (κ3) is 4.89. The molecular weight excluding hydrogens is 461 g/mol. The van der Waals surface area contributed by atoms with E-state index in [2.05, 4.69) is 35.7 Å². The Bertz CT molecular complexity index is 1500. The van der Waals surface area contributed by atoms with E-state index in [-0.39, 0.29) is 10.6 Å². The Morgan fingerprint density at radius 1 is 1.03 bits per heavy atom. The Balaban J connectivity index is 1.57. The van der Waals surface area contributed by atoms with Crippen LogP contribution in [-0.4, -0.2) is 18.9 Å². The zero-order valence-electron chi connectivity index (χ0n) is 18.2. The number of nitrogens with one attached hydrogen (secondary N) is 1. The van der Waals surface area contributed by atoms with E-state index in [0.717, 1.165) is 22.3 Å². The number of halogens is 1. The lowest BCUT2D eigenvalue weighted by Gasteiger charge is -2.08. The highest BCUT2D eigenvalue weighted by Crippen LogP contribution is 2.23. The molecule has 0 aliphatic carbocycles. The Kier molecular flexibility index (Phi) is 6.18. The number of hydrogen-bond acceptors (Lipinski definition) is 4. The van der Waals surface area contributed by atoms with Crippen molar-refractivity contribution in [3.05, 3.63) is 88.5 Å². The van der Waals surface area contributed by atoms with Gasteiger partial charge in [0.1, 0.15) is 5.82 Å². The van der Waals surface area contributed by atoms with E-state index in [4.69, 9.17) is 0 Å². The molecule has 1 heterocycles. The smallest absolute Gasteiger partial charge is 0.279 e. The Morgan fingerprint density at radius 3 is 2.33 bits per heavy atom. The van der Waals surface area contributed by atoms with E-state index in [0.29, 0.717) is 16.3 Å². The fraction of sp³-hybridized carbons (Fsp3) is 0.167. The summed E-state index contributed by atoms with van der Waals surface area (Å²) < 4.78 is 43.3. The van der Waals surface area contributed by atoms with Crippen molar-refractivity contribution in [2.24, 2.45) is 12.0 Å². The molecule has 4 rings (SSSR count). The molecule has 0 fully saturated rings. The van der Waals surface area contributed by atoms with Gasteiger partial charge in [-0.2, -0.15) is 4.99 Å². The van der Waals surface area contributed by atoms with Crippen LogP contribution in [0.15, 0.2) is 76.6 Å². The first-order valence-corrected chi connectivity index (χ1v) is 12.5. The zero-order valence-corrected chi connectivity index (χ0v) is 19.9. The molecule has 0 unspecified atom stereocenters. The molecule has 1 N–H and O–H groups in total. The van der Waals surface area contributed by atoms with Crippen molar-refractivity contribution in [3.63, 3.8) is 0 Å². The van der Waals surface area contributed by atoms with Gasteiger partial charge in [0.05, 0.1) is 15.1 Å². The van der Waals surface area contributed by atoms with Crippen LogP contribution in [0.3, 0.4) is 0 Å². The molecule has 1 amide bonds. The van der Waals surface area contributed by atoms with Gasteiger partial charge in [-0.25, -0.2) is 12.8 Å². The van der Waals surface area contributed by atoms with Gasteiger partial charge in [0, 0.05) is 18.3 Å². The number of hydrogen-bond donors (Lipinski definition) is 1. The maximum Gasteiger partial charge on any atom is 0.279 e. The summed E-state index contributed by atoms with van der Waals surface area (Å²) in [5, 5.41) is 0. The molecule has 0 aliphatic heterocycles. The van der Waals surface area contributed by atoms with Crippen LogP contribution in [0.25, 0.3) is 10.2 Å². The van der Waals surface area contributed by atoms with Crippen LogP contribution >= 0.6 is 11.3 Å². The van der Waals surface area contributed by atoms with Crippen LogP contribution in [0, 0.1) is 5.82 Å². The summed E-state index contributed by atoms with van der Waals surface area (Å²) >= 11 is 1.45. The minimum Gasteiger partial charge on any atom is -0.319 e. The van der Waals surface area contributed by atoms with Gasteiger partial charge in [0.25, 0.3) is 15.9 Å². The topological polar surface area (TPSA) is 80.5 Å². The number of carbonyl (C=O) groups excluding carboxylic acids is 1. The standard InChI is InChI=1S/C24H22FN3O3S2/c1-15(2)17-6-13-21-22(14-17)32-24(28(21)3)26-23(29)16-4-9-19(10-5-16)27-33(30,31)20-11-7-18(25)8-12-20/h4-15,27H,1-3H3. The summed E-state index contributed by atoms with van der Waals surface area (Å²) in [4.78, 5) is 17.5. The first-order valence-electron chi connectivity index (χ1n) is 10.2. The number of rotatable bonds is 5. The number of fused-ring (bicyclic) bond motifs is 1. The first-order chi connectivity index (χ1) is 15.6. The average Bonchev–Trinajstić information content (AvgIpc) is 3.08. The molecule has 0 radical (unpaired) electrons. The van der Waals surface area contributed by atoms with Gasteiger partial charge >= 0.3 is 0 Å². The number of benzene rings is 3. The fourth-order valence-corrected chi connectivity index (χ4v) is 5.40. The Labute approximate surface area is 195 Å². The lowest BCUT2D eigenvalue weighted by molar-refractivity contribution is 0.0998. The predicted molar refractivity (Wildman–Crippen MR) is 128 cm³/mol. The molecule has 33 heavy (non-hydrogen) atoms. The molecular formula is C24H22FN3O3S2. The Hall–Kier alpha value is -3.30. The monoisotopic (exact) mass is 483 g/mol. The minimum atomic E-state index is -3.87. The number of amides is 1. The molecule has 0 aliphatic rings. The van der Waals surface area contributed by atoms with Gasteiger partial charge in [-0.05, 0) is 72.1 Å². The van der Waals surface area contributed by atoms with E-state index < -0.39 is 21.7 Å². The second-order valence-corrected chi connectivity index (χ2v) is 10.6. The van der Waals surface area contributed by atoms with Crippen molar-refractivity contribution >= 4 is 43.2 Å². The lowest BCUT2D eigenvalue weighted by atomic mass is 10.0. The third-order valence-electron chi connectivity index (χ3n) is 5.21.